The lowest BCUT2D eigenvalue weighted by Crippen LogP contribution is -2.55. The van der Waals surface area contributed by atoms with Gasteiger partial charge in [0.05, 0.1) is 0 Å². The van der Waals surface area contributed by atoms with Gasteiger partial charge in [-0.2, -0.15) is 0 Å². The molecule has 2 heterocycles. The van der Waals surface area contributed by atoms with Crippen molar-refractivity contribution < 1.29 is 0 Å². The SMILES string of the molecule is Cc1cncc(CN2CCNC(C(C)(C)C)C2)c1. The number of nitrogens with one attached hydrogen (secondary N) is 1. The fourth-order valence-corrected chi connectivity index (χ4v) is 2.50. The van der Waals surface area contributed by atoms with Gasteiger partial charge in [-0.05, 0) is 23.5 Å². The molecule has 1 aliphatic heterocycles. The lowest BCUT2D eigenvalue weighted by Gasteiger charge is -2.40. The molecule has 0 saturated carbocycles. The zero-order valence-electron chi connectivity index (χ0n) is 12.0. The third-order valence-corrected chi connectivity index (χ3v) is 3.64. The number of nitrogens with zero attached hydrogens (tertiary/aromatic N) is 2. The van der Waals surface area contributed by atoms with E-state index < -0.39 is 0 Å². The number of piperazine rings is 1. The highest BCUT2D eigenvalue weighted by molar-refractivity contribution is 5.16. The van der Waals surface area contributed by atoms with E-state index in [4.69, 9.17) is 0 Å². The van der Waals surface area contributed by atoms with Gasteiger partial charge < -0.3 is 5.32 Å². The maximum atomic E-state index is 4.28. The third-order valence-electron chi connectivity index (χ3n) is 3.64. The zero-order chi connectivity index (χ0) is 13.2. The van der Waals surface area contributed by atoms with Crippen LogP contribution in [0, 0.1) is 12.3 Å². The molecule has 1 saturated heterocycles. The first-order valence-electron chi connectivity index (χ1n) is 6.81. The van der Waals surface area contributed by atoms with E-state index in [0.717, 1.165) is 26.2 Å². The monoisotopic (exact) mass is 247 g/mol. The Hall–Kier alpha value is -0.930. The largest absolute Gasteiger partial charge is 0.311 e. The Morgan fingerprint density at radius 2 is 2.17 bits per heavy atom. The highest BCUT2D eigenvalue weighted by Gasteiger charge is 2.29. The molecule has 100 valence electrons. The van der Waals surface area contributed by atoms with Crippen LogP contribution in [0.1, 0.15) is 31.9 Å². The molecule has 0 aliphatic carbocycles. The van der Waals surface area contributed by atoms with E-state index >= 15 is 0 Å². The molecule has 1 N–H and O–H groups in total. The average Bonchev–Trinajstić information content (AvgIpc) is 2.28. The Labute approximate surface area is 111 Å². The molecule has 0 bridgehead atoms. The number of aromatic nitrogens is 1. The third kappa shape index (κ3) is 3.53. The molecule has 1 aromatic heterocycles. The molecule has 1 atom stereocenters. The van der Waals surface area contributed by atoms with Gasteiger partial charge in [0.25, 0.3) is 0 Å². The smallest absolute Gasteiger partial charge is 0.0313 e. The summed E-state index contributed by atoms with van der Waals surface area (Å²) in [7, 11) is 0. The van der Waals surface area contributed by atoms with Crippen LogP contribution in [0.4, 0.5) is 0 Å². The summed E-state index contributed by atoms with van der Waals surface area (Å²) in [6.45, 7) is 13.4. The first-order chi connectivity index (χ1) is 8.45. The molecule has 1 aromatic rings. The predicted molar refractivity (Wildman–Crippen MR) is 75.5 cm³/mol. The van der Waals surface area contributed by atoms with Crippen LogP contribution in [-0.2, 0) is 6.54 Å². The molecule has 1 fully saturated rings. The molecule has 18 heavy (non-hydrogen) atoms. The van der Waals surface area contributed by atoms with E-state index in [-0.39, 0.29) is 0 Å². The Morgan fingerprint density at radius 1 is 1.39 bits per heavy atom. The van der Waals surface area contributed by atoms with E-state index in [1.54, 1.807) is 0 Å². The fraction of sp³-hybridized carbons (Fsp3) is 0.667. The van der Waals surface area contributed by atoms with Gasteiger partial charge in [0.2, 0.25) is 0 Å². The molecule has 1 unspecified atom stereocenters. The lowest BCUT2D eigenvalue weighted by atomic mass is 9.85. The van der Waals surface area contributed by atoms with Crippen molar-refractivity contribution in [2.45, 2.75) is 40.3 Å². The molecular weight excluding hydrogens is 222 g/mol. The summed E-state index contributed by atoms with van der Waals surface area (Å²) in [6, 6.07) is 2.81. The van der Waals surface area contributed by atoms with E-state index in [0.29, 0.717) is 11.5 Å². The van der Waals surface area contributed by atoms with Gasteiger partial charge in [-0.25, -0.2) is 0 Å². The van der Waals surface area contributed by atoms with Gasteiger partial charge >= 0.3 is 0 Å². The minimum atomic E-state index is 0.323. The number of hydrogen-bond acceptors (Lipinski definition) is 3. The Morgan fingerprint density at radius 3 is 2.83 bits per heavy atom. The van der Waals surface area contributed by atoms with Gasteiger partial charge in [-0.15, -0.1) is 0 Å². The van der Waals surface area contributed by atoms with Crippen LogP contribution < -0.4 is 5.32 Å². The minimum absolute atomic E-state index is 0.323. The summed E-state index contributed by atoms with van der Waals surface area (Å²) in [5.41, 5.74) is 2.89. The van der Waals surface area contributed by atoms with E-state index in [1.807, 2.05) is 12.4 Å². The number of aryl methyl sites for hydroxylation is 1. The topological polar surface area (TPSA) is 28.2 Å². The molecule has 2 rings (SSSR count). The number of rotatable bonds is 2. The Bertz CT molecular complexity index is 395. The van der Waals surface area contributed by atoms with Crippen molar-refractivity contribution in [3.63, 3.8) is 0 Å². The molecule has 3 nitrogen and oxygen atoms in total. The Balaban J connectivity index is 1.98. The second-order valence-corrected chi connectivity index (χ2v) is 6.48. The van der Waals surface area contributed by atoms with Crippen molar-refractivity contribution in [1.29, 1.82) is 0 Å². The second-order valence-electron chi connectivity index (χ2n) is 6.48. The molecule has 0 amide bonds. The summed E-state index contributed by atoms with van der Waals surface area (Å²) < 4.78 is 0. The zero-order valence-corrected chi connectivity index (χ0v) is 12.0. The van der Waals surface area contributed by atoms with Crippen molar-refractivity contribution in [2.24, 2.45) is 5.41 Å². The highest BCUT2D eigenvalue weighted by Crippen LogP contribution is 2.22. The maximum absolute atomic E-state index is 4.28. The van der Waals surface area contributed by atoms with Crippen LogP contribution in [0.15, 0.2) is 18.5 Å². The van der Waals surface area contributed by atoms with Gasteiger partial charge in [0, 0.05) is 44.6 Å². The van der Waals surface area contributed by atoms with E-state index in [9.17, 15) is 0 Å². The first-order valence-corrected chi connectivity index (χ1v) is 6.81. The predicted octanol–water partition coefficient (Wildman–Crippen LogP) is 2.21. The van der Waals surface area contributed by atoms with Crippen LogP contribution in [-0.4, -0.2) is 35.6 Å². The fourth-order valence-electron chi connectivity index (χ4n) is 2.50. The molecule has 3 heteroatoms. The first kappa shape index (κ1) is 13.5. The van der Waals surface area contributed by atoms with Crippen molar-refractivity contribution in [1.82, 2.24) is 15.2 Å². The quantitative estimate of drug-likeness (QED) is 0.868. The maximum Gasteiger partial charge on any atom is 0.0313 e. The lowest BCUT2D eigenvalue weighted by molar-refractivity contribution is 0.129. The molecule has 0 spiro atoms. The van der Waals surface area contributed by atoms with Crippen molar-refractivity contribution >= 4 is 0 Å². The molecular formula is C15H25N3. The standard InChI is InChI=1S/C15H25N3/c1-12-7-13(9-16-8-12)10-18-6-5-17-14(11-18)15(2,3)4/h7-9,14,17H,5-6,10-11H2,1-4H3. The van der Waals surface area contributed by atoms with E-state index in [1.165, 1.54) is 11.1 Å². The minimum Gasteiger partial charge on any atom is -0.311 e. The van der Waals surface area contributed by atoms with Crippen LogP contribution in [0.2, 0.25) is 0 Å². The van der Waals surface area contributed by atoms with Crippen molar-refractivity contribution in [3.05, 3.63) is 29.6 Å². The average molecular weight is 247 g/mol. The van der Waals surface area contributed by atoms with E-state index in [2.05, 4.69) is 49.0 Å². The van der Waals surface area contributed by atoms with Crippen molar-refractivity contribution in [2.75, 3.05) is 19.6 Å². The van der Waals surface area contributed by atoms with Gasteiger partial charge in [-0.3, -0.25) is 9.88 Å². The van der Waals surface area contributed by atoms with Crippen LogP contribution in [0.5, 0.6) is 0 Å². The summed E-state index contributed by atoms with van der Waals surface area (Å²) in [5.74, 6) is 0. The van der Waals surface area contributed by atoms with Crippen molar-refractivity contribution in [3.8, 4) is 0 Å². The molecule has 0 radical (unpaired) electrons. The summed E-state index contributed by atoms with van der Waals surface area (Å²) in [4.78, 5) is 6.81. The highest BCUT2D eigenvalue weighted by atomic mass is 15.2. The van der Waals surface area contributed by atoms with Gasteiger partial charge in [-0.1, -0.05) is 26.8 Å². The molecule has 1 aliphatic rings. The van der Waals surface area contributed by atoms with Crippen LogP contribution >= 0.6 is 0 Å². The van der Waals surface area contributed by atoms with Crippen LogP contribution in [0.3, 0.4) is 0 Å². The summed E-state index contributed by atoms with van der Waals surface area (Å²) in [6.07, 6.45) is 3.90. The summed E-state index contributed by atoms with van der Waals surface area (Å²) in [5, 5.41) is 3.63. The number of hydrogen-bond donors (Lipinski definition) is 1. The second kappa shape index (κ2) is 5.37. The number of pyridine rings is 1. The summed E-state index contributed by atoms with van der Waals surface area (Å²) >= 11 is 0. The molecule has 0 aromatic carbocycles. The van der Waals surface area contributed by atoms with Crippen LogP contribution in [0.25, 0.3) is 0 Å². The van der Waals surface area contributed by atoms with Gasteiger partial charge in [0.15, 0.2) is 0 Å². The Kier molecular flexibility index (Phi) is 4.03. The van der Waals surface area contributed by atoms with Gasteiger partial charge in [0.1, 0.15) is 0 Å². The normalized spacial score (nSPS) is 22.1.